The van der Waals surface area contributed by atoms with Crippen molar-refractivity contribution in [1.29, 1.82) is 0 Å². The minimum absolute atomic E-state index is 0.417. The first-order chi connectivity index (χ1) is 7.24. The fourth-order valence-electron chi connectivity index (χ4n) is 1.77. The summed E-state index contributed by atoms with van der Waals surface area (Å²) < 4.78 is 0. The number of pyridine rings is 1. The van der Waals surface area contributed by atoms with E-state index >= 15 is 0 Å². The zero-order chi connectivity index (χ0) is 11.1. The number of unbranched alkanes of at least 4 members (excludes halogenated alkanes) is 1. The number of rotatable bonds is 6. The highest BCUT2D eigenvalue weighted by Gasteiger charge is 2.08. The third-order valence-corrected chi connectivity index (χ3v) is 2.73. The molecule has 2 atom stereocenters. The van der Waals surface area contributed by atoms with Gasteiger partial charge >= 0.3 is 0 Å². The van der Waals surface area contributed by atoms with Crippen LogP contribution in [0.1, 0.15) is 51.6 Å². The lowest BCUT2D eigenvalue weighted by Crippen LogP contribution is -2.28. The zero-order valence-corrected chi connectivity index (χ0v) is 10.0. The summed E-state index contributed by atoms with van der Waals surface area (Å²) in [6, 6.07) is 5.15. The Morgan fingerprint density at radius 1 is 1.27 bits per heavy atom. The molecule has 84 valence electrons. The molecular weight excluding hydrogens is 184 g/mol. The fraction of sp³-hybridized carbons (Fsp3) is 0.615. The van der Waals surface area contributed by atoms with Crippen LogP contribution in [0.3, 0.4) is 0 Å². The minimum Gasteiger partial charge on any atom is -0.308 e. The summed E-state index contributed by atoms with van der Waals surface area (Å²) in [6.45, 7) is 6.70. The van der Waals surface area contributed by atoms with Crippen molar-refractivity contribution in [2.75, 3.05) is 0 Å². The van der Waals surface area contributed by atoms with Gasteiger partial charge in [-0.05, 0) is 38.0 Å². The molecule has 1 N–H and O–H groups in total. The number of nitrogens with zero attached hydrogens (tertiary/aromatic N) is 1. The summed E-state index contributed by atoms with van der Waals surface area (Å²) in [4.78, 5) is 4.03. The van der Waals surface area contributed by atoms with Gasteiger partial charge < -0.3 is 5.32 Å². The van der Waals surface area contributed by atoms with Crippen molar-refractivity contribution in [2.24, 2.45) is 0 Å². The molecule has 1 unspecified atom stereocenters. The Morgan fingerprint density at radius 2 is 1.93 bits per heavy atom. The van der Waals surface area contributed by atoms with E-state index in [1.165, 1.54) is 24.8 Å². The van der Waals surface area contributed by atoms with Gasteiger partial charge in [0.15, 0.2) is 0 Å². The molecular formula is C13H22N2. The van der Waals surface area contributed by atoms with Gasteiger partial charge in [0, 0.05) is 24.5 Å². The van der Waals surface area contributed by atoms with E-state index < -0.39 is 0 Å². The van der Waals surface area contributed by atoms with Gasteiger partial charge in [0.2, 0.25) is 0 Å². The first-order valence-corrected chi connectivity index (χ1v) is 5.90. The summed E-state index contributed by atoms with van der Waals surface area (Å²) in [5, 5.41) is 3.60. The second-order valence-corrected chi connectivity index (χ2v) is 4.21. The summed E-state index contributed by atoms with van der Waals surface area (Å²) >= 11 is 0. The molecule has 0 fully saturated rings. The van der Waals surface area contributed by atoms with Crippen LogP contribution in [0.4, 0.5) is 0 Å². The predicted molar refractivity (Wildman–Crippen MR) is 64.8 cm³/mol. The van der Waals surface area contributed by atoms with Crippen molar-refractivity contribution in [3.05, 3.63) is 30.1 Å². The van der Waals surface area contributed by atoms with E-state index in [0.717, 1.165) is 0 Å². The molecule has 0 aliphatic rings. The molecule has 15 heavy (non-hydrogen) atoms. The quantitative estimate of drug-likeness (QED) is 0.772. The van der Waals surface area contributed by atoms with E-state index in [1.54, 1.807) is 0 Å². The van der Waals surface area contributed by atoms with E-state index in [-0.39, 0.29) is 0 Å². The largest absolute Gasteiger partial charge is 0.308 e. The number of hydrogen-bond donors (Lipinski definition) is 1. The number of aromatic nitrogens is 1. The van der Waals surface area contributed by atoms with Gasteiger partial charge in [-0.15, -0.1) is 0 Å². The third-order valence-electron chi connectivity index (χ3n) is 2.73. The smallest absolute Gasteiger partial charge is 0.0295 e. The second kappa shape index (κ2) is 6.57. The van der Waals surface area contributed by atoms with Crippen LogP contribution >= 0.6 is 0 Å². The van der Waals surface area contributed by atoms with Gasteiger partial charge in [-0.2, -0.15) is 0 Å². The lowest BCUT2D eigenvalue weighted by molar-refractivity contribution is 0.444. The molecule has 0 aliphatic heterocycles. The van der Waals surface area contributed by atoms with E-state index in [4.69, 9.17) is 0 Å². The van der Waals surface area contributed by atoms with E-state index in [0.29, 0.717) is 12.1 Å². The molecule has 0 saturated carbocycles. The van der Waals surface area contributed by atoms with E-state index in [9.17, 15) is 0 Å². The molecule has 0 aliphatic carbocycles. The molecule has 0 amide bonds. The number of nitrogens with one attached hydrogen (secondary N) is 1. The summed E-state index contributed by atoms with van der Waals surface area (Å²) in [5.74, 6) is 0. The van der Waals surface area contributed by atoms with Crippen LogP contribution in [0.5, 0.6) is 0 Å². The standard InChI is InChI=1S/C13H22N2/c1-4-5-6-11(2)15-12(3)13-7-9-14-10-8-13/h7-12,15H,4-6H2,1-3H3/t11?,12-/m0/s1. The van der Waals surface area contributed by atoms with E-state index in [2.05, 4.69) is 43.2 Å². The summed E-state index contributed by atoms with van der Waals surface area (Å²) in [6.07, 6.45) is 7.53. The lowest BCUT2D eigenvalue weighted by atomic mass is 10.1. The maximum absolute atomic E-state index is 4.03. The van der Waals surface area contributed by atoms with Gasteiger partial charge in [0.05, 0.1) is 0 Å². The van der Waals surface area contributed by atoms with Crippen molar-refractivity contribution in [1.82, 2.24) is 10.3 Å². The van der Waals surface area contributed by atoms with Gasteiger partial charge in [-0.25, -0.2) is 0 Å². The van der Waals surface area contributed by atoms with Crippen LogP contribution in [0, 0.1) is 0 Å². The third kappa shape index (κ3) is 4.43. The highest BCUT2D eigenvalue weighted by Crippen LogP contribution is 2.12. The zero-order valence-electron chi connectivity index (χ0n) is 10.0. The molecule has 1 aromatic heterocycles. The van der Waals surface area contributed by atoms with Crippen molar-refractivity contribution in [2.45, 2.75) is 52.1 Å². The monoisotopic (exact) mass is 206 g/mol. The van der Waals surface area contributed by atoms with Crippen LogP contribution < -0.4 is 5.32 Å². The van der Waals surface area contributed by atoms with Crippen LogP contribution in [0.15, 0.2) is 24.5 Å². The van der Waals surface area contributed by atoms with Crippen LogP contribution in [-0.4, -0.2) is 11.0 Å². The predicted octanol–water partition coefficient (Wildman–Crippen LogP) is 3.31. The average Bonchev–Trinajstić information content (AvgIpc) is 2.27. The normalized spacial score (nSPS) is 14.9. The maximum atomic E-state index is 4.03. The topological polar surface area (TPSA) is 24.9 Å². The molecule has 1 rings (SSSR count). The Morgan fingerprint density at radius 3 is 2.53 bits per heavy atom. The molecule has 0 saturated heterocycles. The van der Waals surface area contributed by atoms with Crippen LogP contribution in [0.2, 0.25) is 0 Å². The average molecular weight is 206 g/mol. The highest BCUT2D eigenvalue weighted by molar-refractivity contribution is 5.14. The first kappa shape index (κ1) is 12.2. The SMILES string of the molecule is CCCCC(C)N[C@@H](C)c1ccncc1. The molecule has 0 aromatic carbocycles. The Hall–Kier alpha value is -0.890. The number of hydrogen-bond acceptors (Lipinski definition) is 2. The summed E-state index contributed by atoms with van der Waals surface area (Å²) in [7, 11) is 0. The molecule has 1 heterocycles. The Bertz CT molecular complexity index is 258. The van der Waals surface area contributed by atoms with Crippen LogP contribution in [0.25, 0.3) is 0 Å². The summed E-state index contributed by atoms with van der Waals surface area (Å²) in [5.41, 5.74) is 1.31. The van der Waals surface area contributed by atoms with Gasteiger partial charge in [0.1, 0.15) is 0 Å². The minimum atomic E-state index is 0.417. The Labute approximate surface area is 93.1 Å². The molecule has 1 aromatic rings. The molecule has 0 bridgehead atoms. The molecule has 2 heteroatoms. The van der Waals surface area contributed by atoms with Gasteiger partial charge in [-0.3, -0.25) is 4.98 Å². The molecule has 2 nitrogen and oxygen atoms in total. The van der Waals surface area contributed by atoms with Crippen molar-refractivity contribution in [3.8, 4) is 0 Å². The Balaban J connectivity index is 2.38. The van der Waals surface area contributed by atoms with Gasteiger partial charge in [0.25, 0.3) is 0 Å². The van der Waals surface area contributed by atoms with Crippen molar-refractivity contribution >= 4 is 0 Å². The Kier molecular flexibility index (Phi) is 5.33. The lowest BCUT2D eigenvalue weighted by Gasteiger charge is -2.20. The van der Waals surface area contributed by atoms with Crippen molar-refractivity contribution in [3.63, 3.8) is 0 Å². The maximum Gasteiger partial charge on any atom is 0.0295 e. The highest BCUT2D eigenvalue weighted by atomic mass is 14.9. The fourth-order valence-corrected chi connectivity index (χ4v) is 1.77. The van der Waals surface area contributed by atoms with Gasteiger partial charge in [-0.1, -0.05) is 19.8 Å². The van der Waals surface area contributed by atoms with Crippen molar-refractivity contribution < 1.29 is 0 Å². The van der Waals surface area contributed by atoms with E-state index in [1.807, 2.05) is 12.4 Å². The molecule has 0 radical (unpaired) electrons. The first-order valence-electron chi connectivity index (χ1n) is 5.90. The van der Waals surface area contributed by atoms with Crippen LogP contribution in [-0.2, 0) is 0 Å². The second-order valence-electron chi connectivity index (χ2n) is 4.21. The molecule has 0 spiro atoms.